The number of ketones is 1. The molecule has 5 heteroatoms. The van der Waals surface area contributed by atoms with Crippen LogP contribution in [0, 0.1) is 0 Å². The summed E-state index contributed by atoms with van der Waals surface area (Å²) in [7, 11) is 0. The lowest BCUT2D eigenvalue weighted by Crippen LogP contribution is -2.03. The maximum atomic E-state index is 12.7. The number of fused-ring (bicyclic) bond motifs is 1. The molecule has 1 aromatic heterocycles. The summed E-state index contributed by atoms with van der Waals surface area (Å²) in [5.41, 5.74) is 7.68. The summed E-state index contributed by atoms with van der Waals surface area (Å²) in [5, 5.41) is 1.32. The molecule has 0 aliphatic heterocycles. The van der Waals surface area contributed by atoms with E-state index in [1.807, 2.05) is 12.1 Å². The molecule has 0 aliphatic rings. The number of carbonyl (C=O) groups excluding carboxylic acids is 1. The Labute approximate surface area is 131 Å². The Morgan fingerprint density at radius 2 is 1.76 bits per heavy atom. The lowest BCUT2D eigenvalue weighted by Gasteiger charge is -2.08. The smallest absolute Gasteiger partial charge is 0.193 e. The fraction of sp³-hybridized carbons (Fsp3) is 0. The third-order valence-electron chi connectivity index (χ3n) is 3.23. The summed E-state index contributed by atoms with van der Waals surface area (Å²) >= 11 is 12.0. The second-order valence-electron chi connectivity index (χ2n) is 4.56. The Morgan fingerprint density at radius 1 is 1.05 bits per heavy atom. The van der Waals surface area contributed by atoms with Gasteiger partial charge in [0.25, 0.3) is 0 Å². The van der Waals surface area contributed by atoms with Crippen molar-refractivity contribution in [3.8, 4) is 0 Å². The van der Waals surface area contributed by atoms with E-state index in [4.69, 9.17) is 28.9 Å². The molecule has 2 N–H and O–H groups in total. The van der Waals surface area contributed by atoms with Gasteiger partial charge in [0.1, 0.15) is 0 Å². The molecule has 3 aromatic rings. The number of nitrogen functional groups attached to an aromatic ring is 1. The highest BCUT2D eigenvalue weighted by Gasteiger charge is 2.15. The monoisotopic (exact) mass is 316 g/mol. The van der Waals surface area contributed by atoms with Gasteiger partial charge in [-0.05, 0) is 24.3 Å². The van der Waals surface area contributed by atoms with Gasteiger partial charge in [0.15, 0.2) is 5.78 Å². The summed E-state index contributed by atoms with van der Waals surface area (Å²) in [4.78, 5) is 16.9. The maximum absolute atomic E-state index is 12.7. The lowest BCUT2D eigenvalue weighted by atomic mass is 9.99. The van der Waals surface area contributed by atoms with Gasteiger partial charge in [-0.2, -0.15) is 0 Å². The topological polar surface area (TPSA) is 56.0 Å². The largest absolute Gasteiger partial charge is 0.396 e. The van der Waals surface area contributed by atoms with E-state index in [9.17, 15) is 4.79 Å². The molecule has 2 aromatic carbocycles. The van der Waals surface area contributed by atoms with E-state index < -0.39 is 0 Å². The van der Waals surface area contributed by atoms with Crippen molar-refractivity contribution in [2.45, 2.75) is 0 Å². The van der Waals surface area contributed by atoms with Crippen LogP contribution in [0.25, 0.3) is 10.9 Å². The normalized spacial score (nSPS) is 10.8. The van der Waals surface area contributed by atoms with Crippen molar-refractivity contribution in [3.05, 3.63) is 69.8 Å². The third kappa shape index (κ3) is 2.46. The third-order valence-corrected chi connectivity index (χ3v) is 3.86. The average molecular weight is 317 g/mol. The van der Waals surface area contributed by atoms with Gasteiger partial charge in [0.2, 0.25) is 0 Å². The lowest BCUT2D eigenvalue weighted by molar-refractivity contribution is 0.104. The van der Waals surface area contributed by atoms with Crippen LogP contribution in [0.2, 0.25) is 10.0 Å². The number of rotatable bonds is 2. The van der Waals surface area contributed by atoms with Crippen LogP contribution in [0.4, 0.5) is 5.69 Å². The number of anilines is 1. The van der Waals surface area contributed by atoms with Crippen molar-refractivity contribution in [3.63, 3.8) is 0 Å². The SMILES string of the molecule is Nc1c(Cl)cc(C(=O)c2cccc3ncccc23)cc1Cl. The molecule has 0 radical (unpaired) electrons. The Bertz CT molecular complexity index is 834. The first kappa shape index (κ1) is 13.9. The van der Waals surface area contributed by atoms with Gasteiger partial charge in [-0.3, -0.25) is 9.78 Å². The number of aromatic nitrogens is 1. The maximum Gasteiger partial charge on any atom is 0.193 e. The second-order valence-corrected chi connectivity index (χ2v) is 5.37. The number of nitrogens with zero attached hydrogens (tertiary/aromatic N) is 1. The second kappa shape index (κ2) is 5.35. The fourth-order valence-corrected chi connectivity index (χ4v) is 2.66. The molecule has 1 heterocycles. The van der Waals surface area contributed by atoms with Crippen LogP contribution in [-0.2, 0) is 0 Å². The summed E-state index contributed by atoms with van der Waals surface area (Å²) in [5.74, 6) is -0.169. The first-order chi connectivity index (χ1) is 10.1. The van der Waals surface area contributed by atoms with E-state index in [0.29, 0.717) is 11.1 Å². The summed E-state index contributed by atoms with van der Waals surface area (Å²) < 4.78 is 0. The number of halogens is 2. The number of benzene rings is 2. The standard InChI is InChI=1S/C16H10Cl2N2O/c17-12-7-9(8-13(18)15(12)19)16(21)11-3-1-5-14-10(11)4-2-6-20-14/h1-8H,19H2. The number of hydrogen-bond acceptors (Lipinski definition) is 3. The zero-order valence-electron chi connectivity index (χ0n) is 10.8. The van der Waals surface area contributed by atoms with Gasteiger partial charge in [-0.25, -0.2) is 0 Å². The minimum absolute atomic E-state index is 0.169. The van der Waals surface area contributed by atoms with Crippen molar-refractivity contribution in [1.29, 1.82) is 0 Å². The minimum atomic E-state index is -0.169. The molecule has 0 aliphatic carbocycles. The molecule has 104 valence electrons. The van der Waals surface area contributed by atoms with Crippen LogP contribution in [0.3, 0.4) is 0 Å². The minimum Gasteiger partial charge on any atom is -0.396 e. The molecular formula is C16H10Cl2N2O. The van der Waals surface area contributed by atoms with Crippen LogP contribution < -0.4 is 5.73 Å². The van der Waals surface area contributed by atoms with Crippen molar-refractivity contribution in [2.24, 2.45) is 0 Å². The highest BCUT2D eigenvalue weighted by molar-refractivity contribution is 6.39. The van der Waals surface area contributed by atoms with Gasteiger partial charge < -0.3 is 5.73 Å². The Kier molecular flexibility index (Phi) is 3.53. The number of carbonyl (C=O) groups is 1. The quantitative estimate of drug-likeness (QED) is 0.564. The molecule has 0 unspecified atom stereocenters. The van der Waals surface area contributed by atoms with E-state index in [0.717, 1.165) is 10.9 Å². The van der Waals surface area contributed by atoms with Gasteiger partial charge in [0, 0.05) is 22.7 Å². The van der Waals surface area contributed by atoms with Crippen LogP contribution in [0.5, 0.6) is 0 Å². The van der Waals surface area contributed by atoms with Crippen molar-refractivity contribution >= 4 is 45.6 Å². The molecular weight excluding hydrogens is 307 g/mol. The molecule has 3 rings (SSSR count). The molecule has 0 fully saturated rings. The Morgan fingerprint density at radius 3 is 2.48 bits per heavy atom. The molecule has 3 nitrogen and oxygen atoms in total. The van der Waals surface area contributed by atoms with Crippen molar-refractivity contribution < 1.29 is 4.79 Å². The van der Waals surface area contributed by atoms with E-state index in [2.05, 4.69) is 4.98 Å². The molecule has 0 bridgehead atoms. The molecule has 0 amide bonds. The first-order valence-electron chi connectivity index (χ1n) is 6.21. The highest BCUT2D eigenvalue weighted by Crippen LogP contribution is 2.30. The molecule has 21 heavy (non-hydrogen) atoms. The summed E-state index contributed by atoms with van der Waals surface area (Å²) in [6, 6.07) is 12.1. The fourth-order valence-electron chi connectivity index (χ4n) is 2.17. The molecule has 0 atom stereocenters. The first-order valence-corrected chi connectivity index (χ1v) is 6.96. The predicted molar refractivity (Wildman–Crippen MR) is 86.0 cm³/mol. The molecule has 0 saturated heterocycles. The molecule has 0 spiro atoms. The average Bonchev–Trinajstić information content (AvgIpc) is 2.51. The summed E-state index contributed by atoms with van der Waals surface area (Å²) in [6.07, 6.45) is 1.69. The number of nitrogens with two attached hydrogens (primary N) is 1. The van der Waals surface area contributed by atoms with Crippen LogP contribution in [0.15, 0.2) is 48.7 Å². The van der Waals surface area contributed by atoms with Crippen LogP contribution in [-0.4, -0.2) is 10.8 Å². The van der Waals surface area contributed by atoms with Crippen LogP contribution in [0.1, 0.15) is 15.9 Å². The zero-order chi connectivity index (χ0) is 15.0. The van der Waals surface area contributed by atoms with E-state index in [1.165, 1.54) is 12.1 Å². The predicted octanol–water partition coefficient (Wildman–Crippen LogP) is 4.35. The van der Waals surface area contributed by atoms with Gasteiger partial charge in [-0.15, -0.1) is 0 Å². The highest BCUT2D eigenvalue weighted by atomic mass is 35.5. The summed E-state index contributed by atoms with van der Waals surface area (Å²) in [6.45, 7) is 0. The van der Waals surface area contributed by atoms with Crippen molar-refractivity contribution in [1.82, 2.24) is 4.98 Å². The van der Waals surface area contributed by atoms with Gasteiger partial charge >= 0.3 is 0 Å². The Hall–Kier alpha value is -2.10. The number of hydrogen-bond donors (Lipinski definition) is 1. The zero-order valence-corrected chi connectivity index (χ0v) is 12.3. The van der Waals surface area contributed by atoms with E-state index >= 15 is 0 Å². The van der Waals surface area contributed by atoms with E-state index in [1.54, 1.807) is 24.4 Å². The van der Waals surface area contributed by atoms with Crippen LogP contribution >= 0.6 is 23.2 Å². The van der Waals surface area contributed by atoms with Gasteiger partial charge in [-0.1, -0.05) is 41.4 Å². The van der Waals surface area contributed by atoms with Gasteiger partial charge in [0.05, 0.1) is 21.2 Å². The molecule has 0 saturated carbocycles. The van der Waals surface area contributed by atoms with Crippen molar-refractivity contribution in [2.75, 3.05) is 5.73 Å². The van der Waals surface area contributed by atoms with E-state index in [-0.39, 0.29) is 21.5 Å². The number of pyridine rings is 1. The Balaban J connectivity index is 2.17.